The molecule has 0 unspecified atom stereocenters. The Morgan fingerprint density at radius 3 is 2.32 bits per heavy atom. The van der Waals surface area contributed by atoms with Crippen LogP contribution in [0, 0.1) is 0 Å². The summed E-state index contributed by atoms with van der Waals surface area (Å²) in [5.74, 6) is 0. The average Bonchev–Trinajstić information content (AvgIpc) is 2.52. The molecule has 2 aromatic carbocycles. The van der Waals surface area contributed by atoms with Gasteiger partial charge in [-0.05, 0) is 29.3 Å². The molecule has 0 aliphatic heterocycles. The molecule has 1 heterocycles. The van der Waals surface area contributed by atoms with Gasteiger partial charge in [-0.25, -0.2) is 4.68 Å². The topological polar surface area (TPSA) is 34.9 Å². The Balaban J connectivity index is 2.06. The number of nitrogens with zero attached hydrogens (tertiary/aromatic N) is 2. The first-order chi connectivity index (χ1) is 10.6. The lowest BCUT2D eigenvalue weighted by Gasteiger charge is -2.08. The molecule has 1 aromatic heterocycles. The van der Waals surface area contributed by atoms with Crippen molar-refractivity contribution in [1.29, 1.82) is 0 Å². The van der Waals surface area contributed by atoms with Crippen molar-refractivity contribution in [3.05, 3.63) is 86.8 Å². The van der Waals surface area contributed by atoms with E-state index in [9.17, 15) is 4.79 Å². The van der Waals surface area contributed by atoms with E-state index in [2.05, 4.69) is 5.10 Å². The Morgan fingerprint density at radius 1 is 0.955 bits per heavy atom. The van der Waals surface area contributed by atoms with E-state index in [1.165, 1.54) is 4.68 Å². The third-order valence-corrected chi connectivity index (χ3v) is 3.71. The van der Waals surface area contributed by atoms with Gasteiger partial charge in [0.1, 0.15) is 0 Å². The minimum atomic E-state index is -0.185. The Kier molecular flexibility index (Phi) is 4.27. The average molecular weight is 331 g/mol. The molecule has 0 saturated heterocycles. The van der Waals surface area contributed by atoms with Crippen LogP contribution in [-0.2, 0) is 6.54 Å². The minimum Gasteiger partial charge on any atom is -0.267 e. The maximum Gasteiger partial charge on any atom is 0.275 e. The molecule has 0 aliphatic carbocycles. The van der Waals surface area contributed by atoms with Gasteiger partial charge in [0.2, 0.25) is 0 Å². The predicted molar refractivity (Wildman–Crippen MR) is 89.5 cm³/mol. The highest BCUT2D eigenvalue weighted by Crippen LogP contribution is 2.20. The lowest BCUT2D eigenvalue weighted by atomic mass is 10.1. The molecule has 0 aliphatic rings. The Hall–Kier alpha value is -2.10. The lowest BCUT2D eigenvalue weighted by molar-refractivity contribution is 0.641. The Morgan fingerprint density at radius 2 is 1.64 bits per heavy atom. The normalized spacial score (nSPS) is 10.6. The smallest absolute Gasteiger partial charge is 0.267 e. The molecule has 0 N–H and O–H groups in total. The molecule has 3 rings (SSSR count). The number of aromatic nitrogens is 2. The minimum absolute atomic E-state index is 0.185. The van der Waals surface area contributed by atoms with E-state index in [0.29, 0.717) is 17.1 Å². The monoisotopic (exact) mass is 330 g/mol. The zero-order valence-electron chi connectivity index (χ0n) is 11.5. The summed E-state index contributed by atoms with van der Waals surface area (Å²) in [5, 5.41) is 5.01. The standard InChI is InChI=1S/C17H12Cl2N2O/c18-14-8-6-13(7-9-14)15-10-16(19)20-21(17(15)22)11-12-4-2-1-3-5-12/h1-10H,11H2. The van der Waals surface area contributed by atoms with Crippen molar-refractivity contribution in [3.8, 4) is 11.1 Å². The molecule has 0 spiro atoms. The van der Waals surface area contributed by atoms with Crippen molar-refractivity contribution >= 4 is 23.2 Å². The van der Waals surface area contributed by atoms with E-state index >= 15 is 0 Å². The summed E-state index contributed by atoms with van der Waals surface area (Å²) >= 11 is 12.0. The van der Waals surface area contributed by atoms with Crippen molar-refractivity contribution in [2.45, 2.75) is 6.54 Å². The molecule has 3 aromatic rings. The molecular weight excluding hydrogens is 319 g/mol. The second-order valence-corrected chi connectivity index (χ2v) is 5.66. The fraction of sp³-hybridized carbons (Fsp3) is 0.0588. The fourth-order valence-corrected chi connectivity index (χ4v) is 2.54. The number of hydrogen-bond donors (Lipinski definition) is 0. The van der Waals surface area contributed by atoms with Crippen LogP contribution in [0.5, 0.6) is 0 Å². The number of hydrogen-bond acceptors (Lipinski definition) is 2. The van der Waals surface area contributed by atoms with Crippen LogP contribution in [0.4, 0.5) is 0 Å². The maximum atomic E-state index is 12.6. The Labute approximate surface area is 137 Å². The first-order valence-electron chi connectivity index (χ1n) is 6.71. The number of rotatable bonds is 3. The third-order valence-electron chi connectivity index (χ3n) is 3.27. The van der Waals surface area contributed by atoms with E-state index in [-0.39, 0.29) is 10.7 Å². The van der Waals surface area contributed by atoms with Gasteiger partial charge < -0.3 is 0 Å². The van der Waals surface area contributed by atoms with Crippen LogP contribution < -0.4 is 5.56 Å². The van der Waals surface area contributed by atoms with Gasteiger partial charge in [0, 0.05) is 5.02 Å². The van der Waals surface area contributed by atoms with E-state index in [4.69, 9.17) is 23.2 Å². The summed E-state index contributed by atoms with van der Waals surface area (Å²) in [4.78, 5) is 12.6. The van der Waals surface area contributed by atoms with Gasteiger partial charge in [-0.15, -0.1) is 0 Å². The number of benzene rings is 2. The summed E-state index contributed by atoms with van der Waals surface area (Å²) < 4.78 is 1.38. The van der Waals surface area contributed by atoms with Gasteiger partial charge in [0.15, 0.2) is 5.15 Å². The highest BCUT2D eigenvalue weighted by Gasteiger charge is 2.10. The highest BCUT2D eigenvalue weighted by atomic mass is 35.5. The predicted octanol–water partition coefficient (Wildman–Crippen LogP) is 4.27. The summed E-state index contributed by atoms with van der Waals surface area (Å²) in [6, 6.07) is 18.3. The first kappa shape index (κ1) is 14.8. The van der Waals surface area contributed by atoms with Crippen molar-refractivity contribution in [1.82, 2.24) is 9.78 Å². The van der Waals surface area contributed by atoms with Crippen molar-refractivity contribution in [2.75, 3.05) is 0 Å². The molecule has 22 heavy (non-hydrogen) atoms. The first-order valence-corrected chi connectivity index (χ1v) is 7.46. The van der Waals surface area contributed by atoms with Crippen LogP contribution in [0.15, 0.2) is 65.5 Å². The highest BCUT2D eigenvalue weighted by molar-refractivity contribution is 6.30. The molecule has 5 heteroatoms. The molecule has 0 saturated carbocycles. The van der Waals surface area contributed by atoms with Gasteiger partial charge in [-0.3, -0.25) is 4.79 Å². The van der Waals surface area contributed by atoms with Crippen molar-refractivity contribution in [2.24, 2.45) is 0 Å². The van der Waals surface area contributed by atoms with Crippen LogP contribution >= 0.6 is 23.2 Å². The maximum absolute atomic E-state index is 12.6. The van der Waals surface area contributed by atoms with Gasteiger partial charge >= 0.3 is 0 Å². The van der Waals surface area contributed by atoms with E-state index in [1.54, 1.807) is 30.3 Å². The van der Waals surface area contributed by atoms with Crippen LogP contribution in [0.25, 0.3) is 11.1 Å². The van der Waals surface area contributed by atoms with Crippen molar-refractivity contribution in [3.63, 3.8) is 0 Å². The van der Waals surface area contributed by atoms with E-state index in [1.807, 2.05) is 30.3 Å². The second kappa shape index (κ2) is 6.34. The van der Waals surface area contributed by atoms with Crippen LogP contribution in [0.2, 0.25) is 10.2 Å². The summed E-state index contributed by atoms with van der Waals surface area (Å²) in [6.07, 6.45) is 0. The number of halogens is 2. The molecular formula is C17H12Cl2N2O. The Bertz CT molecular complexity index is 843. The van der Waals surface area contributed by atoms with Gasteiger partial charge in [-0.2, -0.15) is 5.10 Å². The largest absolute Gasteiger partial charge is 0.275 e. The van der Waals surface area contributed by atoms with Gasteiger partial charge in [-0.1, -0.05) is 65.7 Å². The fourth-order valence-electron chi connectivity index (χ4n) is 2.21. The van der Waals surface area contributed by atoms with Gasteiger partial charge in [0.05, 0.1) is 12.1 Å². The lowest BCUT2D eigenvalue weighted by Crippen LogP contribution is -2.25. The molecule has 0 radical (unpaired) electrons. The third kappa shape index (κ3) is 3.21. The zero-order valence-corrected chi connectivity index (χ0v) is 13.1. The molecule has 3 nitrogen and oxygen atoms in total. The SMILES string of the molecule is O=c1c(-c2ccc(Cl)cc2)cc(Cl)nn1Cc1ccccc1. The molecule has 0 atom stereocenters. The molecule has 0 amide bonds. The van der Waals surface area contributed by atoms with Crippen LogP contribution in [0.3, 0.4) is 0 Å². The van der Waals surface area contributed by atoms with E-state index in [0.717, 1.165) is 11.1 Å². The van der Waals surface area contributed by atoms with Crippen LogP contribution in [0.1, 0.15) is 5.56 Å². The summed E-state index contributed by atoms with van der Waals surface area (Å²) in [7, 11) is 0. The zero-order chi connectivity index (χ0) is 15.5. The second-order valence-electron chi connectivity index (χ2n) is 4.84. The summed E-state index contributed by atoms with van der Waals surface area (Å²) in [5.41, 5.74) is 2.07. The quantitative estimate of drug-likeness (QED) is 0.718. The summed E-state index contributed by atoms with van der Waals surface area (Å²) in [6.45, 7) is 0.376. The molecule has 0 bridgehead atoms. The molecule has 110 valence electrons. The van der Waals surface area contributed by atoms with Crippen LogP contribution in [-0.4, -0.2) is 9.78 Å². The molecule has 0 fully saturated rings. The van der Waals surface area contributed by atoms with Crippen molar-refractivity contribution < 1.29 is 0 Å². The van der Waals surface area contributed by atoms with E-state index < -0.39 is 0 Å². The van der Waals surface area contributed by atoms with Gasteiger partial charge in [0.25, 0.3) is 5.56 Å².